The Bertz CT molecular complexity index is 1500. The van der Waals surface area contributed by atoms with Crippen molar-refractivity contribution in [3.8, 4) is 16.9 Å². The lowest BCUT2D eigenvalue weighted by Gasteiger charge is -2.20. The SMILES string of the molecule is COCCN1C[C@@H](NC(=O)Nc2c(C)c(-c3ccc(CO)nc3)nn2-c2ccccc2)[C@H](c2ccc(F)c(F)c2)O1. The Morgan fingerprint density at radius 3 is 2.63 bits per heavy atom. The number of aromatic nitrogens is 3. The molecule has 0 bridgehead atoms. The van der Waals surface area contributed by atoms with Gasteiger partial charge in [-0.05, 0) is 48.9 Å². The number of anilines is 1. The molecule has 214 valence electrons. The summed E-state index contributed by atoms with van der Waals surface area (Å²) in [5.41, 5.74) is 3.67. The number of para-hydroxylation sites is 1. The number of nitrogens with zero attached hydrogens (tertiary/aromatic N) is 4. The summed E-state index contributed by atoms with van der Waals surface area (Å²) in [6.45, 7) is 2.76. The zero-order chi connectivity index (χ0) is 28.9. The normalized spacial score (nSPS) is 17.1. The van der Waals surface area contributed by atoms with Crippen molar-refractivity contribution in [3.63, 3.8) is 0 Å². The van der Waals surface area contributed by atoms with Gasteiger partial charge in [0.15, 0.2) is 11.6 Å². The standard InChI is InChI=1S/C29H30F2N6O4/c1-18-26(20-8-10-21(17-38)32-15-20)35-37(22-6-4-3-5-7-22)28(18)34-29(39)33-25-16-36(12-13-40-2)41-27(25)19-9-11-23(30)24(31)14-19/h3-11,14-15,25,27,38H,12-13,16-17H2,1-2H3,(H2,33,34,39)/t25-,27+/m1/s1. The van der Waals surface area contributed by atoms with E-state index in [-0.39, 0.29) is 6.61 Å². The molecule has 10 nitrogen and oxygen atoms in total. The Hall–Kier alpha value is -4.23. The predicted octanol–water partition coefficient (Wildman–Crippen LogP) is 4.14. The van der Waals surface area contributed by atoms with Crippen LogP contribution in [0.5, 0.6) is 0 Å². The van der Waals surface area contributed by atoms with Crippen molar-refractivity contribution >= 4 is 11.8 Å². The third kappa shape index (κ3) is 6.25. The number of carbonyl (C=O) groups is 1. The first kappa shape index (κ1) is 28.3. The van der Waals surface area contributed by atoms with Gasteiger partial charge in [0.25, 0.3) is 0 Å². The summed E-state index contributed by atoms with van der Waals surface area (Å²) in [4.78, 5) is 23.7. The molecule has 3 N–H and O–H groups in total. The molecule has 0 spiro atoms. The molecule has 0 radical (unpaired) electrons. The number of hydrogen-bond donors (Lipinski definition) is 3. The number of aliphatic hydroxyl groups is 1. The number of carbonyl (C=O) groups excluding carboxylic acids is 1. The van der Waals surface area contributed by atoms with Crippen LogP contribution in [-0.4, -0.2) is 63.8 Å². The topological polar surface area (TPSA) is 114 Å². The molecule has 1 saturated heterocycles. The molecule has 3 heterocycles. The minimum absolute atomic E-state index is 0.177. The Balaban J connectivity index is 1.42. The van der Waals surface area contributed by atoms with Gasteiger partial charge in [-0.15, -0.1) is 0 Å². The third-order valence-corrected chi connectivity index (χ3v) is 6.78. The number of benzene rings is 2. The van der Waals surface area contributed by atoms with E-state index in [1.807, 2.05) is 43.3 Å². The quantitative estimate of drug-likeness (QED) is 0.280. The van der Waals surface area contributed by atoms with Crippen LogP contribution in [-0.2, 0) is 16.2 Å². The van der Waals surface area contributed by atoms with Gasteiger partial charge in [0.05, 0.1) is 36.3 Å². The van der Waals surface area contributed by atoms with Crippen LogP contribution in [0.3, 0.4) is 0 Å². The largest absolute Gasteiger partial charge is 0.390 e. The lowest BCUT2D eigenvalue weighted by Crippen LogP contribution is -2.42. The highest BCUT2D eigenvalue weighted by molar-refractivity contribution is 5.91. The van der Waals surface area contributed by atoms with Gasteiger partial charge in [-0.25, -0.2) is 18.3 Å². The van der Waals surface area contributed by atoms with Gasteiger partial charge in [0, 0.05) is 37.5 Å². The molecular formula is C29H30F2N6O4. The van der Waals surface area contributed by atoms with Crippen molar-refractivity contribution in [2.75, 3.05) is 32.1 Å². The first-order valence-corrected chi connectivity index (χ1v) is 13.0. The monoisotopic (exact) mass is 564 g/mol. The van der Waals surface area contributed by atoms with Crippen molar-refractivity contribution in [1.82, 2.24) is 25.1 Å². The maximum absolute atomic E-state index is 14.1. The lowest BCUT2D eigenvalue weighted by atomic mass is 10.0. The molecule has 0 unspecified atom stereocenters. The van der Waals surface area contributed by atoms with Gasteiger partial charge in [-0.2, -0.15) is 10.2 Å². The van der Waals surface area contributed by atoms with Gasteiger partial charge in [0.1, 0.15) is 11.9 Å². The van der Waals surface area contributed by atoms with Crippen LogP contribution >= 0.6 is 0 Å². The third-order valence-electron chi connectivity index (χ3n) is 6.78. The van der Waals surface area contributed by atoms with Crippen LogP contribution in [0.15, 0.2) is 66.9 Å². The van der Waals surface area contributed by atoms with Gasteiger partial charge < -0.3 is 15.2 Å². The van der Waals surface area contributed by atoms with Crippen molar-refractivity contribution < 1.29 is 28.3 Å². The molecule has 5 rings (SSSR count). The number of ether oxygens (including phenoxy) is 1. The molecule has 1 aliphatic rings. The number of hydrogen-bond acceptors (Lipinski definition) is 7. The van der Waals surface area contributed by atoms with E-state index in [1.54, 1.807) is 29.1 Å². The van der Waals surface area contributed by atoms with E-state index in [9.17, 15) is 18.7 Å². The molecule has 1 fully saturated rings. The van der Waals surface area contributed by atoms with Crippen molar-refractivity contribution in [3.05, 3.63) is 95.3 Å². The van der Waals surface area contributed by atoms with Gasteiger partial charge in [0.2, 0.25) is 0 Å². The van der Waals surface area contributed by atoms with E-state index in [4.69, 9.17) is 14.7 Å². The summed E-state index contributed by atoms with van der Waals surface area (Å²) in [5.74, 6) is -1.53. The smallest absolute Gasteiger partial charge is 0.320 e. The first-order chi connectivity index (χ1) is 19.9. The number of rotatable bonds is 9. The Kier molecular flexibility index (Phi) is 8.64. The minimum Gasteiger partial charge on any atom is -0.390 e. The fourth-order valence-electron chi connectivity index (χ4n) is 4.68. The number of aliphatic hydroxyl groups excluding tert-OH is 1. The predicted molar refractivity (Wildman–Crippen MR) is 147 cm³/mol. The molecule has 2 atom stereocenters. The molecule has 2 aromatic carbocycles. The van der Waals surface area contributed by atoms with E-state index < -0.39 is 29.8 Å². The van der Waals surface area contributed by atoms with E-state index in [0.29, 0.717) is 53.6 Å². The Morgan fingerprint density at radius 2 is 1.95 bits per heavy atom. The maximum Gasteiger partial charge on any atom is 0.320 e. The summed E-state index contributed by atoms with van der Waals surface area (Å²) in [7, 11) is 1.57. The van der Waals surface area contributed by atoms with Crippen LogP contribution in [0.4, 0.5) is 19.4 Å². The summed E-state index contributed by atoms with van der Waals surface area (Å²) >= 11 is 0. The van der Waals surface area contributed by atoms with Crippen LogP contribution in [0, 0.1) is 18.6 Å². The molecule has 2 aromatic heterocycles. The molecule has 41 heavy (non-hydrogen) atoms. The average Bonchev–Trinajstić information content (AvgIpc) is 3.54. The lowest BCUT2D eigenvalue weighted by molar-refractivity contribution is -0.154. The number of pyridine rings is 1. The average molecular weight is 565 g/mol. The summed E-state index contributed by atoms with van der Waals surface area (Å²) in [6, 6.07) is 15.3. The van der Waals surface area contributed by atoms with Crippen molar-refractivity contribution in [2.24, 2.45) is 0 Å². The van der Waals surface area contributed by atoms with Gasteiger partial charge in [-0.3, -0.25) is 15.1 Å². The fourth-order valence-corrected chi connectivity index (χ4v) is 4.68. The van der Waals surface area contributed by atoms with E-state index in [2.05, 4.69) is 15.6 Å². The Labute approximate surface area is 235 Å². The molecular weight excluding hydrogens is 534 g/mol. The molecule has 1 aliphatic heterocycles. The van der Waals surface area contributed by atoms with E-state index >= 15 is 0 Å². The fraction of sp³-hybridized carbons (Fsp3) is 0.276. The highest BCUT2D eigenvalue weighted by Crippen LogP contribution is 2.32. The molecule has 12 heteroatoms. The van der Waals surface area contributed by atoms with Crippen LogP contribution in [0.25, 0.3) is 16.9 Å². The highest BCUT2D eigenvalue weighted by Gasteiger charge is 2.37. The van der Waals surface area contributed by atoms with Gasteiger partial charge >= 0.3 is 6.03 Å². The summed E-state index contributed by atoms with van der Waals surface area (Å²) in [5, 5.41) is 21.6. The van der Waals surface area contributed by atoms with Crippen LogP contribution in [0.1, 0.15) is 22.9 Å². The van der Waals surface area contributed by atoms with Gasteiger partial charge in [-0.1, -0.05) is 24.3 Å². The number of halogens is 2. The second kappa shape index (κ2) is 12.5. The second-order valence-electron chi connectivity index (χ2n) is 9.55. The number of nitrogens with one attached hydrogen (secondary N) is 2. The van der Waals surface area contributed by atoms with E-state index in [0.717, 1.165) is 17.8 Å². The van der Waals surface area contributed by atoms with Crippen molar-refractivity contribution in [2.45, 2.75) is 25.7 Å². The number of hydroxylamine groups is 2. The molecule has 2 amide bonds. The zero-order valence-corrected chi connectivity index (χ0v) is 22.6. The Morgan fingerprint density at radius 1 is 1.15 bits per heavy atom. The second-order valence-corrected chi connectivity index (χ2v) is 9.55. The molecule has 4 aromatic rings. The van der Waals surface area contributed by atoms with Crippen LogP contribution < -0.4 is 10.6 Å². The number of methoxy groups -OCH3 is 1. The minimum atomic E-state index is -0.999. The summed E-state index contributed by atoms with van der Waals surface area (Å²) < 4.78 is 34.4. The van der Waals surface area contributed by atoms with Crippen molar-refractivity contribution in [1.29, 1.82) is 0 Å². The van der Waals surface area contributed by atoms with Crippen LogP contribution in [0.2, 0.25) is 0 Å². The molecule has 0 saturated carbocycles. The maximum atomic E-state index is 14.1. The van der Waals surface area contributed by atoms with E-state index in [1.165, 1.54) is 6.07 Å². The number of urea groups is 1. The summed E-state index contributed by atoms with van der Waals surface area (Å²) in [6.07, 6.45) is 0.872. The molecule has 0 aliphatic carbocycles. The highest BCUT2D eigenvalue weighted by atomic mass is 19.2. The zero-order valence-electron chi connectivity index (χ0n) is 22.6. The number of amides is 2. The first-order valence-electron chi connectivity index (χ1n) is 13.0.